The number of hydrogen-bond donors (Lipinski definition) is 2. The molecule has 14 heavy (non-hydrogen) atoms. The van der Waals surface area contributed by atoms with E-state index in [0.717, 1.165) is 0 Å². The van der Waals surface area contributed by atoms with Crippen molar-refractivity contribution in [1.82, 2.24) is 0 Å². The molecule has 0 aromatic carbocycles. The van der Waals surface area contributed by atoms with Crippen LogP contribution in [0.1, 0.15) is 27.7 Å². The molecule has 0 spiro atoms. The van der Waals surface area contributed by atoms with Crippen LogP contribution in [0.2, 0.25) is 0 Å². The molecule has 0 fully saturated rings. The zero-order chi connectivity index (χ0) is 11.1. The van der Waals surface area contributed by atoms with E-state index in [-0.39, 0.29) is 22.8 Å². The Bertz CT molecular complexity index is 373. The summed E-state index contributed by atoms with van der Waals surface area (Å²) in [5.41, 5.74) is 0.313. The van der Waals surface area contributed by atoms with Crippen molar-refractivity contribution >= 4 is 11.5 Å². The molecule has 3 nitrogen and oxygen atoms in total. The van der Waals surface area contributed by atoms with Gasteiger partial charge in [0.2, 0.25) is 0 Å². The maximum absolute atomic E-state index is 11.8. The lowest BCUT2D eigenvalue weighted by molar-refractivity contribution is -0.121. The molecular weight excluding hydrogens is 178 g/mol. The largest absolute Gasteiger partial charge is 0.507 e. The molecule has 0 amide bonds. The number of hydrogen-bond acceptors (Lipinski definition) is 3. The molecule has 0 bridgehead atoms. The van der Waals surface area contributed by atoms with E-state index in [1.807, 2.05) is 0 Å². The monoisotopic (exact) mass is 193 g/mol. The number of aliphatic hydroxyl groups excluding tert-OH is 1. The summed E-state index contributed by atoms with van der Waals surface area (Å²) in [5, 5.41) is 17.1. The summed E-state index contributed by atoms with van der Waals surface area (Å²) in [4.78, 5) is 11.8. The predicted octanol–water partition coefficient (Wildman–Crippen LogP) is 2.39. The van der Waals surface area contributed by atoms with Gasteiger partial charge in [-0.15, -0.1) is 0 Å². The minimum absolute atomic E-state index is 0.0539. The highest BCUT2D eigenvalue weighted by Gasteiger charge is 2.35. The Labute approximate surface area is 83.6 Å². The minimum atomic E-state index is -0.617. The Morgan fingerprint density at radius 2 is 2.00 bits per heavy atom. The third kappa shape index (κ3) is 1.50. The van der Waals surface area contributed by atoms with Crippen LogP contribution in [0.4, 0.5) is 0 Å². The van der Waals surface area contributed by atoms with E-state index >= 15 is 0 Å². The van der Waals surface area contributed by atoms with Crippen molar-refractivity contribution in [3.8, 4) is 0 Å². The Morgan fingerprint density at radius 3 is 2.43 bits per heavy atom. The molecule has 1 aliphatic carbocycles. The average molecular weight is 193 g/mol. The van der Waals surface area contributed by atoms with Crippen LogP contribution in [-0.2, 0) is 4.79 Å². The molecule has 1 rings (SSSR count). The van der Waals surface area contributed by atoms with Crippen LogP contribution in [0.5, 0.6) is 0 Å². The lowest BCUT2D eigenvalue weighted by atomic mass is 9.76. The zero-order valence-electron chi connectivity index (χ0n) is 8.93. The fraction of sp³-hybridized carbons (Fsp3) is 0.455. The normalized spacial score (nSPS) is 20.9. The van der Waals surface area contributed by atoms with E-state index in [9.17, 15) is 9.90 Å². The van der Waals surface area contributed by atoms with Gasteiger partial charge in [-0.3, -0.25) is 4.79 Å². The molecule has 0 radical (unpaired) electrons. The number of aliphatic hydroxyl groups is 1. The number of rotatable bonds is 1. The molecule has 76 valence electrons. The first-order valence-corrected chi connectivity index (χ1v) is 4.51. The Balaban J connectivity index is 3.38. The molecule has 0 atom stereocenters. The summed E-state index contributed by atoms with van der Waals surface area (Å²) in [7, 11) is 0. The van der Waals surface area contributed by atoms with Crippen LogP contribution < -0.4 is 0 Å². The van der Waals surface area contributed by atoms with Crippen molar-refractivity contribution in [1.29, 1.82) is 5.41 Å². The van der Waals surface area contributed by atoms with Gasteiger partial charge in [-0.25, -0.2) is 0 Å². The Morgan fingerprint density at radius 1 is 1.50 bits per heavy atom. The summed E-state index contributed by atoms with van der Waals surface area (Å²) in [6.07, 6.45) is 1.73. The van der Waals surface area contributed by atoms with E-state index in [1.165, 1.54) is 6.92 Å². The summed E-state index contributed by atoms with van der Waals surface area (Å²) >= 11 is 0. The van der Waals surface area contributed by atoms with Gasteiger partial charge in [0.15, 0.2) is 5.78 Å². The molecule has 2 N–H and O–H groups in total. The summed E-state index contributed by atoms with van der Waals surface area (Å²) in [6.45, 7) is 6.83. The molecule has 0 aromatic heterocycles. The molecule has 0 saturated heterocycles. The molecule has 0 heterocycles. The molecule has 0 aliphatic heterocycles. The third-order valence-corrected chi connectivity index (χ3v) is 2.37. The van der Waals surface area contributed by atoms with Crippen LogP contribution in [0.3, 0.4) is 0 Å². The van der Waals surface area contributed by atoms with Crippen molar-refractivity contribution in [2.24, 2.45) is 5.41 Å². The van der Waals surface area contributed by atoms with Crippen LogP contribution in [0.25, 0.3) is 0 Å². The van der Waals surface area contributed by atoms with Crippen LogP contribution in [0, 0.1) is 10.8 Å². The average Bonchev–Trinajstić information content (AvgIpc) is 2.00. The van der Waals surface area contributed by atoms with Crippen LogP contribution in [0.15, 0.2) is 23.0 Å². The molecule has 0 unspecified atom stereocenters. The fourth-order valence-corrected chi connectivity index (χ4v) is 1.65. The van der Waals surface area contributed by atoms with E-state index in [2.05, 4.69) is 0 Å². The van der Waals surface area contributed by atoms with Gasteiger partial charge >= 0.3 is 0 Å². The van der Waals surface area contributed by atoms with Gasteiger partial charge in [0.05, 0.1) is 5.57 Å². The van der Waals surface area contributed by atoms with E-state index in [4.69, 9.17) is 5.41 Å². The van der Waals surface area contributed by atoms with E-state index < -0.39 is 5.41 Å². The van der Waals surface area contributed by atoms with Gasteiger partial charge < -0.3 is 10.5 Å². The number of Topliss-reactive ketones (excluding diaryl/α,β-unsaturated/α-hetero) is 1. The first kappa shape index (κ1) is 10.7. The van der Waals surface area contributed by atoms with Crippen molar-refractivity contribution in [2.45, 2.75) is 27.7 Å². The van der Waals surface area contributed by atoms with Crippen LogP contribution >= 0.6 is 0 Å². The number of ketones is 1. The minimum Gasteiger partial charge on any atom is -0.507 e. The van der Waals surface area contributed by atoms with Crippen molar-refractivity contribution < 1.29 is 9.90 Å². The van der Waals surface area contributed by atoms with E-state index in [1.54, 1.807) is 26.8 Å². The lowest BCUT2D eigenvalue weighted by Gasteiger charge is -2.26. The van der Waals surface area contributed by atoms with E-state index in [0.29, 0.717) is 5.57 Å². The fourth-order valence-electron chi connectivity index (χ4n) is 1.65. The Kier molecular flexibility index (Phi) is 2.36. The van der Waals surface area contributed by atoms with Crippen molar-refractivity contribution in [3.63, 3.8) is 0 Å². The van der Waals surface area contributed by atoms with Gasteiger partial charge in [-0.2, -0.15) is 0 Å². The summed E-state index contributed by atoms with van der Waals surface area (Å²) < 4.78 is 0. The number of allylic oxidation sites excluding steroid dienone is 3. The lowest BCUT2D eigenvalue weighted by Crippen LogP contribution is -2.31. The highest BCUT2D eigenvalue weighted by Crippen LogP contribution is 2.33. The quantitative estimate of drug-likeness (QED) is 0.628. The second kappa shape index (κ2) is 3.08. The van der Waals surface area contributed by atoms with Gasteiger partial charge in [-0.05, 0) is 33.3 Å². The second-order valence-electron chi connectivity index (χ2n) is 4.23. The van der Waals surface area contributed by atoms with Gasteiger partial charge in [0.25, 0.3) is 0 Å². The predicted molar refractivity (Wildman–Crippen MR) is 55.6 cm³/mol. The zero-order valence-corrected chi connectivity index (χ0v) is 8.93. The maximum atomic E-state index is 11.8. The first-order chi connectivity index (χ1) is 6.27. The SMILES string of the molecule is CC(=N)C1=C(O)C(C)=CC(C)(C)C1=O. The van der Waals surface area contributed by atoms with Gasteiger partial charge in [0, 0.05) is 11.1 Å². The topological polar surface area (TPSA) is 61.1 Å². The maximum Gasteiger partial charge on any atom is 0.177 e. The number of carbonyl (C=O) groups is 1. The number of carbonyl (C=O) groups excluding carboxylic acids is 1. The van der Waals surface area contributed by atoms with Crippen molar-refractivity contribution in [3.05, 3.63) is 23.0 Å². The van der Waals surface area contributed by atoms with Crippen molar-refractivity contribution in [2.75, 3.05) is 0 Å². The highest BCUT2D eigenvalue weighted by molar-refractivity contribution is 6.24. The summed E-state index contributed by atoms with van der Waals surface area (Å²) in [6, 6.07) is 0. The van der Waals surface area contributed by atoms with Crippen LogP contribution in [-0.4, -0.2) is 16.6 Å². The first-order valence-electron chi connectivity index (χ1n) is 4.51. The standard InChI is InChI=1S/C11H15NO2/c1-6-5-11(3,4)10(14)8(7(2)12)9(6)13/h5,12-13H,1-4H3. The highest BCUT2D eigenvalue weighted by atomic mass is 16.3. The second-order valence-corrected chi connectivity index (χ2v) is 4.23. The third-order valence-electron chi connectivity index (χ3n) is 2.37. The van der Waals surface area contributed by atoms with Gasteiger partial charge in [0.1, 0.15) is 5.76 Å². The Hall–Kier alpha value is -1.38. The smallest absolute Gasteiger partial charge is 0.177 e. The molecule has 1 aliphatic rings. The molecule has 0 saturated carbocycles. The molecule has 3 heteroatoms. The number of nitrogens with one attached hydrogen (secondary N) is 1. The van der Waals surface area contributed by atoms with Gasteiger partial charge in [-0.1, -0.05) is 6.08 Å². The molecule has 0 aromatic rings. The molecular formula is C11H15NO2. The summed E-state index contributed by atoms with van der Waals surface area (Å²) in [5.74, 6) is -0.241.